The summed E-state index contributed by atoms with van der Waals surface area (Å²) in [5.41, 5.74) is 1.12. The molecule has 104 valence electrons. The van der Waals surface area contributed by atoms with Gasteiger partial charge in [0.15, 0.2) is 0 Å². The van der Waals surface area contributed by atoms with Gasteiger partial charge in [-0.05, 0) is 27.2 Å². The smallest absolute Gasteiger partial charge is 0.203 e. The lowest BCUT2D eigenvalue weighted by Gasteiger charge is -2.15. The van der Waals surface area contributed by atoms with E-state index in [0.29, 0.717) is 0 Å². The molecule has 1 atom stereocenters. The third-order valence-electron chi connectivity index (χ3n) is 3.15. The van der Waals surface area contributed by atoms with Crippen molar-refractivity contribution in [3.05, 3.63) is 28.0 Å². The van der Waals surface area contributed by atoms with E-state index in [2.05, 4.69) is 47.5 Å². The summed E-state index contributed by atoms with van der Waals surface area (Å²) < 4.78 is 2.18. The van der Waals surface area contributed by atoms with Crippen molar-refractivity contribution in [2.45, 2.75) is 53.1 Å². The molecule has 2 heterocycles. The van der Waals surface area contributed by atoms with Crippen LogP contribution in [0.15, 0.2) is 12.4 Å². The molecule has 2 aromatic heterocycles. The van der Waals surface area contributed by atoms with Gasteiger partial charge >= 0.3 is 0 Å². The van der Waals surface area contributed by atoms with Crippen LogP contribution in [0.4, 0.5) is 5.95 Å². The lowest BCUT2D eigenvalue weighted by Crippen LogP contribution is -2.11. The number of nitrogens with one attached hydrogen (secondary N) is 1. The number of rotatable bonds is 6. The summed E-state index contributed by atoms with van der Waals surface area (Å²) in [6, 6.07) is 0.244. The Kier molecular flexibility index (Phi) is 4.58. The van der Waals surface area contributed by atoms with E-state index in [1.807, 2.05) is 12.4 Å². The fourth-order valence-corrected chi connectivity index (χ4v) is 3.10. The number of imidazole rings is 1. The van der Waals surface area contributed by atoms with Crippen molar-refractivity contribution in [3.8, 4) is 0 Å². The molecule has 0 saturated carbocycles. The van der Waals surface area contributed by atoms with Crippen LogP contribution in [0.5, 0.6) is 0 Å². The molecule has 5 heteroatoms. The first-order valence-electron chi connectivity index (χ1n) is 6.83. The Hall–Kier alpha value is -1.36. The number of hydrogen-bond acceptors (Lipinski definition) is 4. The van der Waals surface area contributed by atoms with E-state index in [0.717, 1.165) is 23.2 Å². The minimum absolute atomic E-state index is 0.244. The summed E-state index contributed by atoms with van der Waals surface area (Å²) in [5, 5.41) is 4.61. The van der Waals surface area contributed by atoms with Gasteiger partial charge in [0.1, 0.15) is 0 Å². The molecule has 1 N–H and O–H groups in total. The van der Waals surface area contributed by atoms with E-state index in [1.165, 1.54) is 17.7 Å². The highest BCUT2D eigenvalue weighted by Gasteiger charge is 2.14. The number of unbranched alkanes of at least 4 members (excludes halogenated alkanes) is 1. The molecule has 0 spiro atoms. The first-order chi connectivity index (χ1) is 9.11. The first kappa shape index (κ1) is 14.1. The molecule has 0 aromatic carbocycles. The summed E-state index contributed by atoms with van der Waals surface area (Å²) in [6.07, 6.45) is 6.27. The van der Waals surface area contributed by atoms with E-state index in [1.54, 1.807) is 11.3 Å². The molecule has 1 unspecified atom stereocenters. The maximum atomic E-state index is 4.48. The molecule has 2 aromatic rings. The quantitative estimate of drug-likeness (QED) is 0.870. The van der Waals surface area contributed by atoms with Gasteiger partial charge in [0.05, 0.1) is 16.7 Å². The van der Waals surface area contributed by atoms with Crippen LogP contribution < -0.4 is 5.32 Å². The van der Waals surface area contributed by atoms with Gasteiger partial charge in [0, 0.05) is 23.8 Å². The topological polar surface area (TPSA) is 42.7 Å². The normalized spacial score (nSPS) is 12.6. The minimum atomic E-state index is 0.244. The SMILES string of the molecule is CCCCn1ccnc1NC(C)c1sc(C)nc1C. The van der Waals surface area contributed by atoms with Gasteiger partial charge in [0.2, 0.25) is 5.95 Å². The van der Waals surface area contributed by atoms with Gasteiger partial charge in [0.25, 0.3) is 0 Å². The zero-order valence-corrected chi connectivity index (χ0v) is 12.9. The van der Waals surface area contributed by atoms with E-state index in [4.69, 9.17) is 0 Å². The van der Waals surface area contributed by atoms with Crippen molar-refractivity contribution in [2.75, 3.05) is 5.32 Å². The average molecular weight is 278 g/mol. The standard InChI is InChI=1S/C14H22N4S/c1-5-6-8-18-9-7-15-14(18)17-11(3)13-10(2)16-12(4)19-13/h7,9,11H,5-6,8H2,1-4H3,(H,15,17). The first-order valence-corrected chi connectivity index (χ1v) is 7.65. The van der Waals surface area contributed by atoms with E-state index in [-0.39, 0.29) is 6.04 Å². The highest BCUT2D eigenvalue weighted by atomic mass is 32.1. The van der Waals surface area contributed by atoms with Crippen LogP contribution in [0.2, 0.25) is 0 Å². The van der Waals surface area contributed by atoms with Crippen molar-refractivity contribution in [2.24, 2.45) is 0 Å². The maximum Gasteiger partial charge on any atom is 0.203 e. The molecular formula is C14H22N4S. The number of aromatic nitrogens is 3. The van der Waals surface area contributed by atoms with E-state index in [9.17, 15) is 0 Å². The summed E-state index contributed by atoms with van der Waals surface area (Å²) in [5.74, 6) is 0.950. The largest absolute Gasteiger partial charge is 0.348 e. The van der Waals surface area contributed by atoms with E-state index < -0.39 is 0 Å². The zero-order valence-electron chi connectivity index (χ0n) is 12.1. The van der Waals surface area contributed by atoms with Crippen LogP contribution >= 0.6 is 11.3 Å². The summed E-state index contributed by atoms with van der Waals surface area (Å²) in [7, 11) is 0. The van der Waals surface area contributed by atoms with Crippen molar-refractivity contribution in [1.82, 2.24) is 14.5 Å². The van der Waals surface area contributed by atoms with Gasteiger partial charge in [-0.1, -0.05) is 13.3 Å². The second-order valence-corrected chi connectivity index (χ2v) is 6.08. The zero-order chi connectivity index (χ0) is 13.8. The number of thiazole rings is 1. The molecule has 0 saturated heterocycles. The molecule has 0 bridgehead atoms. The second-order valence-electron chi connectivity index (χ2n) is 4.85. The molecule has 0 aliphatic rings. The van der Waals surface area contributed by atoms with Gasteiger partial charge in [-0.3, -0.25) is 0 Å². The van der Waals surface area contributed by atoms with Crippen molar-refractivity contribution in [1.29, 1.82) is 0 Å². The highest BCUT2D eigenvalue weighted by Crippen LogP contribution is 2.27. The summed E-state index contributed by atoms with van der Waals surface area (Å²) in [4.78, 5) is 10.2. The fraction of sp³-hybridized carbons (Fsp3) is 0.571. The number of aryl methyl sites for hydroxylation is 3. The van der Waals surface area contributed by atoms with Crippen LogP contribution in [0.1, 0.15) is 48.3 Å². The molecule has 0 fully saturated rings. The molecule has 0 radical (unpaired) electrons. The Morgan fingerprint density at radius 1 is 1.42 bits per heavy atom. The third kappa shape index (κ3) is 3.35. The van der Waals surface area contributed by atoms with E-state index >= 15 is 0 Å². The van der Waals surface area contributed by atoms with Crippen LogP contribution in [0.25, 0.3) is 0 Å². The Labute approximate surface area is 118 Å². The molecule has 4 nitrogen and oxygen atoms in total. The predicted octanol–water partition coefficient (Wildman–Crippen LogP) is 3.93. The molecule has 19 heavy (non-hydrogen) atoms. The van der Waals surface area contributed by atoms with Crippen molar-refractivity contribution in [3.63, 3.8) is 0 Å². The van der Waals surface area contributed by atoms with Crippen molar-refractivity contribution >= 4 is 17.3 Å². The Morgan fingerprint density at radius 2 is 2.21 bits per heavy atom. The van der Waals surface area contributed by atoms with Crippen LogP contribution in [0.3, 0.4) is 0 Å². The van der Waals surface area contributed by atoms with Crippen LogP contribution in [-0.4, -0.2) is 14.5 Å². The maximum absolute atomic E-state index is 4.48. The lowest BCUT2D eigenvalue weighted by atomic mass is 10.2. The minimum Gasteiger partial charge on any atom is -0.348 e. The van der Waals surface area contributed by atoms with Crippen molar-refractivity contribution < 1.29 is 0 Å². The summed E-state index contributed by atoms with van der Waals surface area (Å²) >= 11 is 1.76. The molecule has 0 amide bonds. The van der Waals surface area contributed by atoms with Gasteiger partial charge < -0.3 is 9.88 Å². The number of anilines is 1. The Balaban J connectivity index is 2.08. The number of nitrogens with zero attached hydrogens (tertiary/aromatic N) is 3. The second kappa shape index (κ2) is 6.19. The van der Waals surface area contributed by atoms with Crippen LogP contribution in [0, 0.1) is 13.8 Å². The molecule has 0 aliphatic heterocycles. The molecular weight excluding hydrogens is 256 g/mol. The average Bonchev–Trinajstić information content (AvgIpc) is 2.93. The van der Waals surface area contributed by atoms with Crippen LogP contribution in [-0.2, 0) is 6.54 Å². The predicted molar refractivity (Wildman–Crippen MR) is 80.8 cm³/mol. The molecule has 0 aliphatic carbocycles. The monoisotopic (exact) mass is 278 g/mol. The Bertz CT molecular complexity index is 529. The summed E-state index contributed by atoms with van der Waals surface area (Å²) in [6.45, 7) is 9.51. The Morgan fingerprint density at radius 3 is 2.84 bits per heavy atom. The van der Waals surface area contributed by atoms with Gasteiger partial charge in [-0.25, -0.2) is 9.97 Å². The highest BCUT2D eigenvalue weighted by molar-refractivity contribution is 7.11. The molecule has 2 rings (SSSR count). The number of hydrogen-bond donors (Lipinski definition) is 1. The van der Waals surface area contributed by atoms with Gasteiger partial charge in [-0.15, -0.1) is 11.3 Å². The lowest BCUT2D eigenvalue weighted by molar-refractivity contribution is 0.631. The fourth-order valence-electron chi connectivity index (χ4n) is 2.17. The third-order valence-corrected chi connectivity index (χ3v) is 4.40. The van der Waals surface area contributed by atoms with Gasteiger partial charge in [-0.2, -0.15) is 0 Å².